The van der Waals surface area contributed by atoms with Crippen molar-refractivity contribution in [2.24, 2.45) is 0 Å². The van der Waals surface area contributed by atoms with Crippen molar-refractivity contribution in [2.75, 3.05) is 31.4 Å². The van der Waals surface area contributed by atoms with Gasteiger partial charge >= 0.3 is 0 Å². The minimum absolute atomic E-state index is 0.394. The van der Waals surface area contributed by atoms with Gasteiger partial charge in [0.25, 0.3) is 0 Å². The number of rotatable bonds is 7. The first-order valence-corrected chi connectivity index (χ1v) is 7.81. The number of anilines is 3. The lowest BCUT2D eigenvalue weighted by atomic mass is 10.2. The first-order valence-electron chi connectivity index (χ1n) is 7.81. The van der Waals surface area contributed by atoms with Crippen LogP contribution in [0.15, 0.2) is 36.7 Å². The maximum absolute atomic E-state index is 5.16. The summed E-state index contributed by atoms with van der Waals surface area (Å²) in [6.45, 7) is 2.45. The molecule has 0 radical (unpaired) electrons. The molecule has 0 aliphatic carbocycles. The van der Waals surface area contributed by atoms with Gasteiger partial charge in [-0.1, -0.05) is 17.7 Å². The lowest BCUT2D eigenvalue weighted by molar-refractivity contribution is -0.0914. The molecule has 0 aliphatic rings. The van der Waals surface area contributed by atoms with Crippen LogP contribution in [0.25, 0.3) is 11.2 Å². The Labute approximate surface area is 145 Å². The van der Waals surface area contributed by atoms with Gasteiger partial charge in [-0.25, -0.2) is 9.97 Å². The van der Waals surface area contributed by atoms with E-state index in [1.165, 1.54) is 5.56 Å². The van der Waals surface area contributed by atoms with Crippen LogP contribution in [0.3, 0.4) is 0 Å². The molecular formula is C17H20N6O2. The second kappa shape index (κ2) is 7.82. The molecule has 0 amide bonds. The van der Waals surface area contributed by atoms with E-state index in [9.17, 15) is 0 Å². The van der Waals surface area contributed by atoms with Crippen LogP contribution in [0.1, 0.15) is 5.56 Å². The monoisotopic (exact) mass is 340 g/mol. The number of aromatic nitrogens is 4. The van der Waals surface area contributed by atoms with Crippen molar-refractivity contribution in [3.63, 3.8) is 0 Å². The Morgan fingerprint density at radius 3 is 2.44 bits per heavy atom. The molecule has 0 unspecified atom stereocenters. The summed E-state index contributed by atoms with van der Waals surface area (Å²) in [4.78, 5) is 17.5. The van der Waals surface area contributed by atoms with Gasteiger partial charge in [0.1, 0.15) is 0 Å². The van der Waals surface area contributed by atoms with E-state index >= 15 is 0 Å². The topological polar surface area (TPSA) is 94.1 Å². The van der Waals surface area contributed by atoms with E-state index in [1.54, 1.807) is 26.6 Å². The van der Waals surface area contributed by atoms with E-state index in [0.29, 0.717) is 29.5 Å². The minimum atomic E-state index is -0.394. The first-order chi connectivity index (χ1) is 12.2. The number of hydrogen-bond acceptors (Lipinski definition) is 8. The number of nitrogens with one attached hydrogen (secondary N) is 2. The summed E-state index contributed by atoms with van der Waals surface area (Å²) in [7, 11) is 3.15. The Morgan fingerprint density at radius 2 is 1.72 bits per heavy atom. The number of hydrogen-bond donors (Lipinski definition) is 2. The lowest BCUT2D eigenvalue weighted by Gasteiger charge is -2.15. The molecule has 25 heavy (non-hydrogen) atoms. The molecule has 0 spiro atoms. The smallest absolute Gasteiger partial charge is 0.227 e. The maximum atomic E-state index is 5.16. The fourth-order valence-electron chi connectivity index (χ4n) is 2.24. The number of benzene rings is 1. The van der Waals surface area contributed by atoms with Gasteiger partial charge in [-0.2, -0.15) is 9.97 Å². The Kier molecular flexibility index (Phi) is 5.32. The van der Waals surface area contributed by atoms with Gasteiger partial charge in [-0.05, 0) is 19.1 Å². The summed E-state index contributed by atoms with van der Waals surface area (Å²) in [5.74, 6) is 0.998. The number of aryl methyl sites for hydroxylation is 1. The van der Waals surface area contributed by atoms with Gasteiger partial charge in [-0.15, -0.1) is 0 Å². The fraction of sp³-hybridized carbons (Fsp3) is 0.294. The molecule has 0 saturated carbocycles. The number of nitrogens with zero attached hydrogens (tertiary/aromatic N) is 4. The van der Waals surface area contributed by atoms with Crippen molar-refractivity contribution < 1.29 is 9.47 Å². The molecule has 130 valence electrons. The molecule has 2 N–H and O–H groups in total. The van der Waals surface area contributed by atoms with Gasteiger partial charge in [0.2, 0.25) is 5.95 Å². The molecule has 3 rings (SSSR count). The Balaban J connectivity index is 1.90. The lowest BCUT2D eigenvalue weighted by Crippen LogP contribution is -2.24. The van der Waals surface area contributed by atoms with E-state index in [0.717, 1.165) is 5.69 Å². The van der Waals surface area contributed by atoms with Crippen molar-refractivity contribution in [2.45, 2.75) is 13.2 Å². The summed E-state index contributed by atoms with van der Waals surface area (Å²) < 4.78 is 10.3. The zero-order valence-corrected chi connectivity index (χ0v) is 14.4. The minimum Gasteiger partial charge on any atom is -0.354 e. The molecule has 1 aromatic carbocycles. The molecule has 8 nitrogen and oxygen atoms in total. The number of methoxy groups -OCH3 is 2. The van der Waals surface area contributed by atoms with E-state index in [2.05, 4.69) is 30.6 Å². The molecule has 0 saturated heterocycles. The molecule has 3 aromatic rings. The molecule has 0 aliphatic heterocycles. The van der Waals surface area contributed by atoms with Crippen LogP contribution in [-0.4, -0.2) is 47.0 Å². The Hall–Kier alpha value is -2.84. The molecule has 2 heterocycles. The Morgan fingerprint density at radius 1 is 1.00 bits per heavy atom. The number of fused-ring (bicyclic) bond motifs is 1. The van der Waals surface area contributed by atoms with Crippen molar-refractivity contribution in [1.82, 2.24) is 19.9 Å². The van der Waals surface area contributed by atoms with Crippen LogP contribution >= 0.6 is 0 Å². The zero-order chi connectivity index (χ0) is 17.6. The third-order valence-electron chi connectivity index (χ3n) is 3.60. The van der Waals surface area contributed by atoms with Crippen molar-refractivity contribution >= 4 is 28.6 Å². The zero-order valence-electron chi connectivity index (χ0n) is 14.4. The van der Waals surface area contributed by atoms with E-state index in [-0.39, 0.29) is 0 Å². The van der Waals surface area contributed by atoms with E-state index < -0.39 is 6.29 Å². The van der Waals surface area contributed by atoms with Crippen LogP contribution in [0.2, 0.25) is 0 Å². The average molecular weight is 340 g/mol. The normalized spacial score (nSPS) is 11.0. The quantitative estimate of drug-likeness (QED) is 0.634. The molecular weight excluding hydrogens is 320 g/mol. The Bertz CT molecular complexity index is 836. The van der Waals surface area contributed by atoms with Gasteiger partial charge in [-0.3, -0.25) is 0 Å². The summed E-state index contributed by atoms with van der Waals surface area (Å²) >= 11 is 0. The predicted molar refractivity (Wildman–Crippen MR) is 95.9 cm³/mol. The van der Waals surface area contributed by atoms with Gasteiger partial charge in [0.15, 0.2) is 23.3 Å². The van der Waals surface area contributed by atoms with Gasteiger partial charge in [0.05, 0.1) is 6.54 Å². The molecule has 2 aromatic heterocycles. The molecule has 8 heteroatoms. The summed E-state index contributed by atoms with van der Waals surface area (Å²) in [6, 6.07) is 8.02. The van der Waals surface area contributed by atoms with Crippen LogP contribution in [0.5, 0.6) is 0 Å². The van der Waals surface area contributed by atoms with E-state index in [1.807, 2.05) is 31.2 Å². The van der Waals surface area contributed by atoms with Crippen LogP contribution in [0, 0.1) is 6.92 Å². The molecule has 0 bridgehead atoms. The standard InChI is InChI=1S/C17H20N6O2/c1-11-4-6-12(7-5-11)21-16-14-15(19-9-8-18-14)22-17(23-16)20-10-13(24-2)25-3/h4-9,13H,10H2,1-3H3,(H2,19,20,21,22,23). The molecule has 0 atom stereocenters. The van der Waals surface area contributed by atoms with Gasteiger partial charge in [0, 0.05) is 32.3 Å². The van der Waals surface area contributed by atoms with Crippen LogP contribution in [-0.2, 0) is 9.47 Å². The highest BCUT2D eigenvalue weighted by Gasteiger charge is 2.12. The van der Waals surface area contributed by atoms with Crippen LogP contribution < -0.4 is 10.6 Å². The largest absolute Gasteiger partial charge is 0.354 e. The van der Waals surface area contributed by atoms with Crippen molar-refractivity contribution in [3.05, 3.63) is 42.2 Å². The van der Waals surface area contributed by atoms with E-state index in [4.69, 9.17) is 9.47 Å². The second-order valence-electron chi connectivity index (χ2n) is 5.40. The van der Waals surface area contributed by atoms with Crippen molar-refractivity contribution in [1.29, 1.82) is 0 Å². The van der Waals surface area contributed by atoms with Gasteiger partial charge < -0.3 is 20.1 Å². The first kappa shape index (κ1) is 17.0. The number of ether oxygens (including phenoxy) is 2. The average Bonchev–Trinajstić information content (AvgIpc) is 2.64. The SMILES string of the molecule is COC(CNc1nc(Nc2ccc(C)cc2)c2nccnc2n1)OC. The highest BCUT2D eigenvalue weighted by Crippen LogP contribution is 2.22. The third-order valence-corrected chi connectivity index (χ3v) is 3.60. The second-order valence-corrected chi connectivity index (χ2v) is 5.40. The van der Waals surface area contributed by atoms with Crippen LogP contribution in [0.4, 0.5) is 17.5 Å². The van der Waals surface area contributed by atoms with Crippen molar-refractivity contribution in [3.8, 4) is 0 Å². The predicted octanol–water partition coefficient (Wildman–Crippen LogP) is 2.50. The molecule has 0 fully saturated rings. The summed E-state index contributed by atoms with van der Waals surface area (Å²) in [6.07, 6.45) is 2.82. The summed E-state index contributed by atoms with van der Waals surface area (Å²) in [5.41, 5.74) is 3.20. The fourth-order valence-corrected chi connectivity index (χ4v) is 2.24. The maximum Gasteiger partial charge on any atom is 0.227 e. The summed E-state index contributed by atoms with van der Waals surface area (Å²) in [5, 5.41) is 6.37. The third kappa shape index (κ3) is 4.17. The highest BCUT2D eigenvalue weighted by atomic mass is 16.7. The highest BCUT2D eigenvalue weighted by molar-refractivity contribution is 5.85.